The third kappa shape index (κ3) is 3.07. The third-order valence-electron chi connectivity index (χ3n) is 3.42. The maximum Gasteiger partial charge on any atom is 0.224 e. The second-order valence-electron chi connectivity index (χ2n) is 4.89. The van der Waals surface area contributed by atoms with E-state index in [9.17, 15) is 4.79 Å². The van der Waals surface area contributed by atoms with Crippen LogP contribution in [0.5, 0.6) is 0 Å². The average molecular weight is 232 g/mol. The molecule has 1 aromatic rings. The van der Waals surface area contributed by atoms with Gasteiger partial charge in [0.25, 0.3) is 0 Å². The van der Waals surface area contributed by atoms with Crippen LogP contribution in [0.3, 0.4) is 0 Å². The highest BCUT2D eigenvalue weighted by atomic mass is 16.2. The van der Waals surface area contributed by atoms with E-state index in [1.54, 1.807) is 0 Å². The summed E-state index contributed by atoms with van der Waals surface area (Å²) in [6.45, 7) is 3.94. The Balaban J connectivity index is 1.91. The van der Waals surface area contributed by atoms with Gasteiger partial charge in [0.05, 0.1) is 12.0 Å². The quantitative estimate of drug-likeness (QED) is 0.862. The molecule has 2 unspecified atom stereocenters. The smallest absolute Gasteiger partial charge is 0.224 e. The van der Waals surface area contributed by atoms with E-state index in [-0.39, 0.29) is 17.9 Å². The minimum absolute atomic E-state index is 0.0922. The third-order valence-corrected chi connectivity index (χ3v) is 3.42. The van der Waals surface area contributed by atoms with Crippen molar-refractivity contribution in [1.82, 2.24) is 10.2 Å². The normalized spacial score (nSPS) is 22.4. The van der Waals surface area contributed by atoms with Gasteiger partial charge in [-0.05, 0) is 32.5 Å². The molecular weight excluding hydrogens is 212 g/mol. The lowest BCUT2D eigenvalue weighted by Gasteiger charge is -2.17. The Bertz CT molecular complexity index is 377. The number of hydrogen-bond acceptors (Lipinski definition) is 2. The summed E-state index contributed by atoms with van der Waals surface area (Å²) >= 11 is 0. The second kappa shape index (κ2) is 5.32. The van der Waals surface area contributed by atoms with E-state index in [4.69, 9.17) is 0 Å². The predicted molar refractivity (Wildman–Crippen MR) is 68.6 cm³/mol. The monoisotopic (exact) mass is 232 g/mol. The SMILES string of the molecule is CC(NC(=O)C1CCN(C)C1)c1ccccc1. The first kappa shape index (κ1) is 12.1. The van der Waals surface area contributed by atoms with Gasteiger partial charge in [-0.1, -0.05) is 30.3 Å². The van der Waals surface area contributed by atoms with Gasteiger partial charge in [-0.2, -0.15) is 0 Å². The molecule has 1 aliphatic heterocycles. The van der Waals surface area contributed by atoms with Crippen molar-refractivity contribution in [3.8, 4) is 0 Å². The lowest BCUT2D eigenvalue weighted by Crippen LogP contribution is -2.34. The Labute approximate surface area is 103 Å². The van der Waals surface area contributed by atoms with Crippen molar-refractivity contribution in [2.45, 2.75) is 19.4 Å². The summed E-state index contributed by atoms with van der Waals surface area (Å²) in [4.78, 5) is 14.2. The average Bonchev–Trinajstić information content (AvgIpc) is 2.77. The fourth-order valence-corrected chi connectivity index (χ4v) is 2.31. The highest BCUT2D eigenvalue weighted by Crippen LogP contribution is 2.17. The lowest BCUT2D eigenvalue weighted by molar-refractivity contribution is -0.125. The summed E-state index contributed by atoms with van der Waals surface area (Å²) in [5.41, 5.74) is 1.16. The van der Waals surface area contributed by atoms with Gasteiger partial charge in [0.15, 0.2) is 0 Å². The van der Waals surface area contributed by atoms with Crippen LogP contribution in [0.2, 0.25) is 0 Å². The van der Waals surface area contributed by atoms with Gasteiger partial charge in [0.1, 0.15) is 0 Å². The van der Waals surface area contributed by atoms with Crippen molar-refractivity contribution in [2.75, 3.05) is 20.1 Å². The molecule has 0 saturated carbocycles. The zero-order valence-corrected chi connectivity index (χ0v) is 10.5. The molecule has 92 valence electrons. The number of hydrogen-bond donors (Lipinski definition) is 1. The maximum atomic E-state index is 12.0. The minimum Gasteiger partial charge on any atom is -0.349 e. The molecule has 1 N–H and O–H groups in total. The molecular formula is C14H20N2O. The molecule has 0 aliphatic carbocycles. The number of nitrogens with zero attached hydrogens (tertiary/aromatic N) is 1. The minimum atomic E-state index is 0.0922. The van der Waals surface area contributed by atoms with E-state index in [2.05, 4.69) is 17.3 Å². The van der Waals surface area contributed by atoms with Crippen LogP contribution in [0.15, 0.2) is 30.3 Å². The number of carbonyl (C=O) groups excluding carboxylic acids is 1. The van der Waals surface area contributed by atoms with Crippen molar-refractivity contribution in [1.29, 1.82) is 0 Å². The van der Waals surface area contributed by atoms with Gasteiger partial charge < -0.3 is 10.2 Å². The zero-order chi connectivity index (χ0) is 12.3. The molecule has 1 aliphatic rings. The van der Waals surface area contributed by atoms with Crippen LogP contribution < -0.4 is 5.32 Å². The van der Waals surface area contributed by atoms with Crippen molar-refractivity contribution in [3.63, 3.8) is 0 Å². The molecule has 0 spiro atoms. The van der Waals surface area contributed by atoms with Gasteiger partial charge >= 0.3 is 0 Å². The molecule has 1 fully saturated rings. The van der Waals surface area contributed by atoms with Crippen molar-refractivity contribution >= 4 is 5.91 Å². The van der Waals surface area contributed by atoms with Gasteiger partial charge in [-0.25, -0.2) is 0 Å². The fourth-order valence-electron chi connectivity index (χ4n) is 2.31. The Morgan fingerprint density at radius 3 is 2.71 bits per heavy atom. The van der Waals surface area contributed by atoms with Gasteiger partial charge in [-0.15, -0.1) is 0 Å². The number of nitrogens with one attached hydrogen (secondary N) is 1. The summed E-state index contributed by atoms with van der Waals surface area (Å²) in [6.07, 6.45) is 0.976. The molecule has 0 radical (unpaired) electrons. The number of amides is 1. The lowest BCUT2D eigenvalue weighted by atomic mass is 10.1. The topological polar surface area (TPSA) is 32.3 Å². The fraction of sp³-hybridized carbons (Fsp3) is 0.500. The maximum absolute atomic E-state index is 12.0. The molecule has 1 aromatic carbocycles. The molecule has 3 nitrogen and oxygen atoms in total. The first-order valence-corrected chi connectivity index (χ1v) is 6.20. The van der Waals surface area contributed by atoms with Crippen LogP contribution in [0.4, 0.5) is 0 Å². The summed E-state index contributed by atoms with van der Waals surface area (Å²) in [7, 11) is 2.06. The molecule has 1 heterocycles. The molecule has 0 bridgehead atoms. The summed E-state index contributed by atoms with van der Waals surface area (Å²) in [5, 5.41) is 3.09. The van der Waals surface area contributed by atoms with Crippen LogP contribution in [-0.2, 0) is 4.79 Å². The van der Waals surface area contributed by atoms with Gasteiger partial charge in [0, 0.05) is 6.54 Å². The van der Waals surface area contributed by atoms with Crippen molar-refractivity contribution in [3.05, 3.63) is 35.9 Å². The van der Waals surface area contributed by atoms with Crippen LogP contribution in [0, 0.1) is 5.92 Å². The first-order chi connectivity index (χ1) is 8.16. The van der Waals surface area contributed by atoms with Crippen LogP contribution in [0.1, 0.15) is 24.9 Å². The summed E-state index contributed by atoms with van der Waals surface area (Å²) in [6, 6.07) is 10.2. The zero-order valence-electron chi connectivity index (χ0n) is 10.5. The Morgan fingerprint density at radius 2 is 2.12 bits per heavy atom. The predicted octanol–water partition coefficient (Wildman–Crippen LogP) is 1.82. The van der Waals surface area contributed by atoms with Crippen LogP contribution >= 0.6 is 0 Å². The molecule has 3 heteroatoms. The van der Waals surface area contributed by atoms with E-state index >= 15 is 0 Å². The van der Waals surface area contributed by atoms with Gasteiger partial charge in [-0.3, -0.25) is 4.79 Å². The van der Waals surface area contributed by atoms with Crippen molar-refractivity contribution < 1.29 is 4.79 Å². The van der Waals surface area contributed by atoms with E-state index in [1.807, 2.05) is 37.3 Å². The van der Waals surface area contributed by atoms with Gasteiger partial charge in [0.2, 0.25) is 5.91 Å². The molecule has 2 atom stereocenters. The van der Waals surface area contributed by atoms with E-state index in [0.29, 0.717) is 0 Å². The Kier molecular flexibility index (Phi) is 3.79. The molecule has 1 saturated heterocycles. The Morgan fingerprint density at radius 1 is 1.41 bits per heavy atom. The Hall–Kier alpha value is -1.35. The van der Waals surface area contributed by atoms with Crippen LogP contribution in [0.25, 0.3) is 0 Å². The molecule has 1 amide bonds. The summed E-state index contributed by atoms with van der Waals surface area (Å²) in [5.74, 6) is 0.344. The van der Waals surface area contributed by atoms with E-state index in [0.717, 1.165) is 25.1 Å². The molecule has 17 heavy (non-hydrogen) atoms. The van der Waals surface area contributed by atoms with Crippen molar-refractivity contribution in [2.24, 2.45) is 5.92 Å². The summed E-state index contributed by atoms with van der Waals surface area (Å²) < 4.78 is 0. The number of benzene rings is 1. The highest BCUT2D eigenvalue weighted by Gasteiger charge is 2.26. The number of likely N-dealkylation sites (tertiary alicyclic amines) is 1. The largest absolute Gasteiger partial charge is 0.349 e. The van der Waals surface area contributed by atoms with E-state index < -0.39 is 0 Å². The number of rotatable bonds is 3. The highest BCUT2D eigenvalue weighted by molar-refractivity contribution is 5.79. The molecule has 2 rings (SSSR count). The first-order valence-electron chi connectivity index (χ1n) is 6.20. The number of carbonyl (C=O) groups is 1. The molecule has 0 aromatic heterocycles. The van der Waals surface area contributed by atoms with Crippen LogP contribution in [-0.4, -0.2) is 30.9 Å². The van der Waals surface area contributed by atoms with E-state index in [1.165, 1.54) is 0 Å². The standard InChI is InChI=1S/C14H20N2O/c1-11(12-6-4-3-5-7-12)15-14(17)13-8-9-16(2)10-13/h3-7,11,13H,8-10H2,1-2H3,(H,15,17). The second-order valence-corrected chi connectivity index (χ2v) is 4.89.